The first-order valence-corrected chi connectivity index (χ1v) is 7.18. The molecule has 0 fully saturated rings. The fourth-order valence-electron chi connectivity index (χ4n) is 1.47. The second-order valence-electron chi connectivity index (χ2n) is 3.53. The standard InChI is InChI=1S/C12H10Br2OS/c1-7-6-10(16-12(7)14)11(15)8-4-2-3-5-9(8)13/h2-6,11,15H,1H3. The largest absolute Gasteiger partial charge is 0.383 e. The Balaban J connectivity index is 2.39. The van der Waals surface area contributed by atoms with Gasteiger partial charge in [0.15, 0.2) is 0 Å². The molecule has 0 saturated heterocycles. The van der Waals surface area contributed by atoms with Gasteiger partial charge in [0.1, 0.15) is 6.10 Å². The van der Waals surface area contributed by atoms with Crippen LogP contribution < -0.4 is 0 Å². The van der Waals surface area contributed by atoms with Crippen LogP contribution in [0.15, 0.2) is 38.6 Å². The third-order valence-electron chi connectivity index (χ3n) is 2.35. The van der Waals surface area contributed by atoms with E-state index in [1.165, 1.54) is 0 Å². The van der Waals surface area contributed by atoms with Gasteiger partial charge in [0.25, 0.3) is 0 Å². The Kier molecular flexibility index (Phi) is 3.85. The zero-order valence-corrected chi connectivity index (χ0v) is 12.6. The number of aliphatic hydroxyl groups excluding tert-OH is 1. The number of aryl methyl sites for hydroxylation is 1. The molecule has 1 aromatic heterocycles. The number of rotatable bonds is 2. The van der Waals surface area contributed by atoms with Crippen molar-refractivity contribution in [1.29, 1.82) is 0 Å². The van der Waals surface area contributed by atoms with Gasteiger partial charge >= 0.3 is 0 Å². The minimum absolute atomic E-state index is 0.564. The molecular formula is C12H10Br2OS. The predicted octanol–water partition coefficient (Wildman–Crippen LogP) is 4.66. The van der Waals surface area contributed by atoms with Gasteiger partial charge in [0.2, 0.25) is 0 Å². The highest BCUT2D eigenvalue weighted by Crippen LogP contribution is 2.36. The van der Waals surface area contributed by atoms with Crippen LogP contribution >= 0.6 is 43.2 Å². The van der Waals surface area contributed by atoms with Crippen LogP contribution in [0.2, 0.25) is 0 Å². The summed E-state index contributed by atoms with van der Waals surface area (Å²) in [5.41, 5.74) is 2.06. The number of benzene rings is 1. The number of aliphatic hydroxyl groups is 1. The highest BCUT2D eigenvalue weighted by molar-refractivity contribution is 9.11. The van der Waals surface area contributed by atoms with Crippen molar-refractivity contribution in [2.45, 2.75) is 13.0 Å². The minimum Gasteiger partial charge on any atom is -0.383 e. The molecule has 1 aromatic carbocycles. The number of hydrogen-bond donors (Lipinski definition) is 1. The monoisotopic (exact) mass is 360 g/mol. The van der Waals surface area contributed by atoms with Crippen molar-refractivity contribution in [3.05, 3.63) is 54.6 Å². The molecular weight excluding hydrogens is 352 g/mol. The number of hydrogen-bond acceptors (Lipinski definition) is 2. The zero-order valence-electron chi connectivity index (χ0n) is 8.58. The van der Waals surface area contributed by atoms with Crippen LogP contribution in [0.1, 0.15) is 22.1 Å². The van der Waals surface area contributed by atoms with Crippen molar-refractivity contribution in [1.82, 2.24) is 0 Å². The van der Waals surface area contributed by atoms with E-state index < -0.39 is 6.10 Å². The molecule has 1 N–H and O–H groups in total. The van der Waals surface area contributed by atoms with E-state index in [0.717, 1.165) is 24.3 Å². The maximum absolute atomic E-state index is 10.3. The maximum atomic E-state index is 10.3. The van der Waals surface area contributed by atoms with Gasteiger partial charge in [-0.15, -0.1) is 11.3 Å². The van der Waals surface area contributed by atoms with Crippen LogP contribution in [0, 0.1) is 6.92 Å². The van der Waals surface area contributed by atoms with Crippen molar-refractivity contribution in [2.24, 2.45) is 0 Å². The van der Waals surface area contributed by atoms with E-state index in [4.69, 9.17) is 0 Å². The van der Waals surface area contributed by atoms with E-state index in [1.54, 1.807) is 11.3 Å². The van der Waals surface area contributed by atoms with Gasteiger partial charge in [-0.1, -0.05) is 34.1 Å². The molecule has 0 aliphatic carbocycles. The Bertz CT molecular complexity index is 488. The van der Waals surface area contributed by atoms with E-state index in [2.05, 4.69) is 31.9 Å². The summed E-state index contributed by atoms with van der Waals surface area (Å²) in [5, 5.41) is 10.3. The van der Waals surface area contributed by atoms with Gasteiger partial charge in [0, 0.05) is 9.35 Å². The first-order chi connectivity index (χ1) is 7.59. The lowest BCUT2D eigenvalue weighted by Gasteiger charge is -2.10. The van der Waals surface area contributed by atoms with Gasteiger partial charge in [-0.3, -0.25) is 0 Å². The maximum Gasteiger partial charge on any atom is 0.114 e. The smallest absolute Gasteiger partial charge is 0.114 e. The summed E-state index contributed by atoms with van der Waals surface area (Å²) in [6, 6.07) is 9.75. The van der Waals surface area contributed by atoms with Gasteiger partial charge in [-0.05, 0) is 46.1 Å². The third kappa shape index (κ3) is 2.40. The fraction of sp³-hybridized carbons (Fsp3) is 0.167. The van der Waals surface area contributed by atoms with Gasteiger partial charge in [0.05, 0.1) is 3.79 Å². The Morgan fingerprint density at radius 1 is 1.25 bits per heavy atom. The van der Waals surface area contributed by atoms with Crippen molar-refractivity contribution in [3.63, 3.8) is 0 Å². The van der Waals surface area contributed by atoms with Gasteiger partial charge in [-0.2, -0.15) is 0 Å². The predicted molar refractivity (Wildman–Crippen MR) is 75.0 cm³/mol. The van der Waals surface area contributed by atoms with Gasteiger partial charge in [-0.25, -0.2) is 0 Å². The van der Waals surface area contributed by atoms with Crippen LogP contribution in [0.25, 0.3) is 0 Å². The average molecular weight is 362 g/mol. The van der Waals surface area contributed by atoms with E-state index in [9.17, 15) is 5.11 Å². The second-order valence-corrected chi connectivity index (χ2v) is 6.79. The highest BCUT2D eigenvalue weighted by Gasteiger charge is 2.16. The molecule has 2 rings (SSSR count). The SMILES string of the molecule is Cc1cc(C(O)c2ccccc2Br)sc1Br. The first-order valence-electron chi connectivity index (χ1n) is 4.78. The Morgan fingerprint density at radius 2 is 1.94 bits per heavy atom. The molecule has 1 unspecified atom stereocenters. The molecule has 0 spiro atoms. The molecule has 1 heterocycles. The Labute approximate surface area is 115 Å². The molecule has 84 valence electrons. The molecule has 2 aromatic rings. The molecule has 0 amide bonds. The number of halogens is 2. The van der Waals surface area contributed by atoms with Crippen LogP contribution in [0.5, 0.6) is 0 Å². The van der Waals surface area contributed by atoms with Crippen LogP contribution in [0.3, 0.4) is 0 Å². The quantitative estimate of drug-likeness (QED) is 0.824. The summed E-state index contributed by atoms with van der Waals surface area (Å²) >= 11 is 8.50. The van der Waals surface area contributed by atoms with Crippen LogP contribution in [-0.2, 0) is 0 Å². The molecule has 0 aliphatic heterocycles. The van der Waals surface area contributed by atoms with E-state index in [0.29, 0.717) is 0 Å². The summed E-state index contributed by atoms with van der Waals surface area (Å²) in [5.74, 6) is 0. The normalized spacial score (nSPS) is 12.8. The highest BCUT2D eigenvalue weighted by atomic mass is 79.9. The molecule has 1 nitrogen and oxygen atoms in total. The summed E-state index contributed by atoms with van der Waals surface area (Å²) in [4.78, 5) is 0.955. The van der Waals surface area contributed by atoms with Crippen LogP contribution in [0.4, 0.5) is 0 Å². The zero-order chi connectivity index (χ0) is 11.7. The van der Waals surface area contributed by atoms with Gasteiger partial charge < -0.3 is 5.11 Å². The van der Waals surface area contributed by atoms with Crippen LogP contribution in [-0.4, -0.2) is 5.11 Å². The molecule has 1 atom stereocenters. The summed E-state index contributed by atoms with van der Waals surface area (Å²) in [6.07, 6.45) is -0.564. The molecule has 0 saturated carbocycles. The Hall–Kier alpha value is -0.160. The molecule has 4 heteroatoms. The summed E-state index contributed by atoms with van der Waals surface area (Å²) in [6.45, 7) is 2.02. The third-order valence-corrected chi connectivity index (χ3v) is 5.26. The van der Waals surface area contributed by atoms with E-state index >= 15 is 0 Å². The summed E-state index contributed by atoms with van der Waals surface area (Å²) in [7, 11) is 0. The van der Waals surface area contributed by atoms with Crippen molar-refractivity contribution >= 4 is 43.2 Å². The first kappa shape index (κ1) is 12.3. The van der Waals surface area contributed by atoms with Crippen molar-refractivity contribution < 1.29 is 5.11 Å². The lowest BCUT2D eigenvalue weighted by atomic mass is 10.1. The van der Waals surface area contributed by atoms with Crippen molar-refractivity contribution in [3.8, 4) is 0 Å². The lowest BCUT2D eigenvalue weighted by Crippen LogP contribution is -1.97. The Morgan fingerprint density at radius 3 is 2.50 bits per heavy atom. The van der Waals surface area contributed by atoms with Crippen molar-refractivity contribution in [2.75, 3.05) is 0 Å². The van der Waals surface area contributed by atoms with E-state index in [1.807, 2.05) is 37.3 Å². The average Bonchev–Trinajstić information content (AvgIpc) is 2.59. The second kappa shape index (κ2) is 5.00. The fourth-order valence-corrected chi connectivity index (χ4v) is 3.55. The molecule has 16 heavy (non-hydrogen) atoms. The lowest BCUT2D eigenvalue weighted by molar-refractivity contribution is 0.223. The number of thiophene rings is 1. The molecule has 0 bridgehead atoms. The van der Waals surface area contributed by atoms with E-state index in [-0.39, 0.29) is 0 Å². The summed E-state index contributed by atoms with van der Waals surface area (Å²) < 4.78 is 2.01. The topological polar surface area (TPSA) is 20.2 Å². The minimum atomic E-state index is -0.564. The molecule has 0 radical (unpaired) electrons. The molecule has 0 aliphatic rings.